The first-order chi connectivity index (χ1) is 6.19. The molecule has 0 aliphatic carbocycles. The molecule has 70 valence electrons. The van der Waals surface area contributed by atoms with Gasteiger partial charge in [-0.2, -0.15) is 5.26 Å². The average molecular weight is 195 g/mol. The Kier molecular flexibility index (Phi) is 3.40. The summed E-state index contributed by atoms with van der Waals surface area (Å²) < 4.78 is 0. The van der Waals surface area contributed by atoms with Crippen LogP contribution in [0.1, 0.15) is 23.7 Å². The quantitative estimate of drug-likeness (QED) is 0.738. The number of aryl methyl sites for hydroxylation is 1. The van der Waals surface area contributed by atoms with E-state index in [1.807, 2.05) is 24.4 Å². The minimum absolute atomic E-state index is 0.212. The highest BCUT2D eigenvalue weighted by atomic mass is 32.1. The fraction of sp³-hybridized carbons (Fsp3) is 0.556. The first-order valence-corrected chi connectivity index (χ1v) is 5.07. The SMILES string of the molecule is CCc1nc(C(C#N)N(C)C)cs1. The Labute approximate surface area is 82.6 Å². The monoisotopic (exact) mass is 195 g/mol. The summed E-state index contributed by atoms with van der Waals surface area (Å²) in [6.07, 6.45) is 0.941. The minimum Gasteiger partial charge on any atom is -0.289 e. The number of aromatic nitrogens is 1. The van der Waals surface area contributed by atoms with E-state index < -0.39 is 0 Å². The maximum Gasteiger partial charge on any atom is 0.141 e. The van der Waals surface area contributed by atoms with Gasteiger partial charge in [-0.25, -0.2) is 4.98 Å². The van der Waals surface area contributed by atoms with Crippen molar-refractivity contribution in [1.82, 2.24) is 9.88 Å². The smallest absolute Gasteiger partial charge is 0.141 e. The molecule has 1 heterocycles. The number of rotatable bonds is 3. The van der Waals surface area contributed by atoms with Gasteiger partial charge in [0, 0.05) is 5.38 Å². The van der Waals surface area contributed by atoms with E-state index in [1.54, 1.807) is 11.3 Å². The van der Waals surface area contributed by atoms with Gasteiger partial charge in [-0.15, -0.1) is 11.3 Å². The van der Waals surface area contributed by atoms with Crippen molar-refractivity contribution in [3.8, 4) is 6.07 Å². The Morgan fingerprint density at radius 3 is 2.77 bits per heavy atom. The van der Waals surface area contributed by atoms with Crippen molar-refractivity contribution in [3.05, 3.63) is 16.1 Å². The van der Waals surface area contributed by atoms with E-state index >= 15 is 0 Å². The van der Waals surface area contributed by atoms with Crippen LogP contribution in [0.4, 0.5) is 0 Å². The molecule has 0 saturated heterocycles. The average Bonchev–Trinajstić information content (AvgIpc) is 2.53. The highest BCUT2D eigenvalue weighted by Crippen LogP contribution is 2.19. The molecule has 1 aromatic heterocycles. The second-order valence-corrected chi connectivity index (χ2v) is 3.96. The van der Waals surface area contributed by atoms with E-state index in [9.17, 15) is 0 Å². The fourth-order valence-electron chi connectivity index (χ4n) is 1.06. The molecule has 0 fully saturated rings. The molecule has 1 rings (SSSR count). The summed E-state index contributed by atoms with van der Waals surface area (Å²) >= 11 is 1.62. The minimum atomic E-state index is -0.212. The number of hydrogen-bond acceptors (Lipinski definition) is 4. The van der Waals surface area contributed by atoms with Crippen LogP contribution in [-0.4, -0.2) is 24.0 Å². The second-order valence-electron chi connectivity index (χ2n) is 3.01. The third kappa shape index (κ3) is 2.27. The molecule has 3 nitrogen and oxygen atoms in total. The molecular weight excluding hydrogens is 182 g/mol. The number of thiazole rings is 1. The van der Waals surface area contributed by atoms with Crippen LogP contribution >= 0.6 is 11.3 Å². The summed E-state index contributed by atoms with van der Waals surface area (Å²) in [5, 5.41) is 12.0. The summed E-state index contributed by atoms with van der Waals surface area (Å²) in [6.45, 7) is 2.07. The van der Waals surface area contributed by atoms with E-state index in [0.29, 0.717) is 0 Å². The predicted octanol–water partition coefficient (Wildman–Crippen LogP) is 1.83. The lowest BCUT2D eigenvalue weighted by Gasteiger charge is -2.14. The van der Waals surface area contributed by atoms with Crippen LogP contribution < -0.4 is 0 Å². The Morgan fingerprint density at radius 1 is 1.69 bits per heavy atom. The van der Waals surface area contributed by atoms with Gasteiger partial charge in [0.1, 0.15) is 6.04 Å². The first-order valence-electron chi connectivity index (χ1n) is 4.19. The van der Waals surface area contributed by atoms with Gasteiger partial charge >= 0.3 is 0 Å². The highest BCUT2D eigenvalue weighted by Gasteiger charge is 2.15. The topological polar surface area (TPSA) is 39.9 Å². The van der Waals surface area contributed by atoms with Gasteiger partial charge in [-0.3, -0.25) is 4.90 Å². The lowest BCUT2D eigenvalue weighted by Crippen LogP contribution is -2.18. The van der Waals surface area contributed by atoms with E-state index in [4.69, 9.17) is 5.26 Å². The summed E-state index contributed by atoms with van der Waals surface area (Å²) in [7, 11) is 3.78. The number of hydrogen-bond donors (Lipinski definition) is 0. The molecule has 1 aromatic rings. The van der Waals surface area contributed by atoms with Crippen LogP contribution in [0.25, 0.3) is 0 Å². The lowest BCUT2D eigenvalue weighted by atomic mass is 10.2. The molecule has 0 spiro atoms. The van der Waals surface area contributed by atoms with Gasteiger partial charge < -0.3 is 0 Å². The summed E-state index contributed by atoms with van der Waals surface area (Å²) in [5.41, 5.74) is 0.870. The highest BCUT2D eigenvalue weighted by molar-refractivity contribution is 7.09. The molecule has 1 unspecified atom stereocenters. The van der Waals surface area contributed by atoms with Gasteiger partial charge in [0.15, 0.2) is 0 Å². The molecule has 13 heavy (non-hydrogen) atoms. The van der Waals surface area contributed by atoms with Gasteiger partial charge in [0.2, 0.25) is 0 Å². The largest absolute Gasteiger partial charge is 0.289 e. The zero-order valence-corrected chi connectivity index (χ0v) is 8.93. The molecule has 0 aromatic carbocycles. The predicted molar refractivity (Wildman–Crippen MR) is 53.5 cm³/mol. The van der Waals surface area contributed by atoms with Crippen molar-refractivity contribution in [1.29, 1.82) is 5.26 Å². The Hall–Kier alpha value is -0.920. The third-order valence-corrected chi connectivity index (χ3v) is 2.80. The fourth-order valence-corrected chi connectivity index (χ4v) is 1.82. The molecule has 0 aliphatic rings. The summed E-state index contributed by atoms with van der Waals surface area (Å²) in [5.74, 6) is 0. The Bertz CT molecular complexity index is 311. The summed E-state index contributed by atoms with van der Waals surface area (Å²) in [6, 6.07) is 2.01. The molecule has 0 bridgehead atoms. The van der Waals surface area contributed by atoms with Crippen LogP contribution in [0.3, 0.4) is 0 Å². The molecule has 0 saturated carbocycles. The van der Waals surface area contributed by atoms with Crippen LogP contribution in [0, 0.1) is 11.3 Å². The molecule has 1 atom stereocenters. The van der Waals surface area contributed by atoms with Crippen molar-refractivity contribution >= 4 is 11.3 Å². The normalized spacial score (nSPS) is 12.8. The van der Waals surface area contributed by atoms with Crippen LogP contribution in [0.5, 0.6) is 0 Å². The zero-order chi connectivity index (χ0) is 9.84. The van der Waals surface area contributed by atoms with Gasteiger partial charge in [-0.05, 0) is 20.5 Å². The van der Waals surface area contributed by atoms with Crippen LogP contribution in [-0.2, 0) is 6.42 Å². The maximum absolute atomic E-state index is 8.90. The van der Waals surface area contributed by atoms with Crippen molar-refractivity contribution in [2.45, 2.75) is 19.4 Å². The zero-order valence-electron chi connectivity index (χ0n) is 8.11. The number of nitriles is 1. The van der Waals surface area contributed by atoms with Gasteiger partial charge in [0.05, 0.1) is 16.8 Å². The third-order valence-electron chi connectivity index (χ3n) is 1.79. The Balaban J connectivity index is 2.87. The van der Waals surface area contributed by atoms with Gasteiger partial charge in [0.25, 0.3) is 0 Å². The lowest BCUT2D eigenvalue weighted by molar-refractivity contribution is 0.353. The summed E-state index contributed by atoms with van der Waals surface area (Å²) in [4.78, 5) is 6.25. The van der Waals surface area contributed by atoms with Crippen molar-refractivity contribution in [3.63, 3.8) is 0 Å². The van der Waals surface area contributed by atoms with E-state index in [-0.39, 0.29) is 6.04 Å². The van der Waals surface area contributed by atoms with Crippen molar-refractivity contribution < 1.29 is 0 Å². The van der Waals surface area contributed by atoms with Gasteiger partial charge in [-0.1, -0.05) is 6.92 Å². The molecule has 4 heteroatoms. The molecular formula is C9H13N3S. The molecule has 0 amide bonds. The van der Waals surface area contributed by atoms with Crippen molar-refractivity contribution in [2.75, 3.05) is 14.1 Å². The van der Waals surface area contributed by atoms with E-state index in [1.165, 1.54) is 0 Å². The second kappa shape index (κ2) is 4.35. The maximum atomic E-state index is 8.90. The first kappa shape index (κ1) is 10.2. The number of nitrogens with zero attached hydrogens (tertiary/aromatic N) is 3. The standard InChI is InChI=1S/C9H13N3S/c1-4-9-11-7(6-13-9)8(5-10)12(2)3/h6,8H,4H2,1-3H3. The van der Waals surface area contributed by atoms with E-state index in [0.717, 1.165) is 17.1 Å². The van der Waals surface area contributed by atoms with E-state index in [2.05, 4.69) is 18.0 Å². The van der Waals surface area contributed by atoms with Crippen LogP contribution in [0.2, 0.25) is 0 Å². The molecule has 0 N–H and O–H groups in total. The van der Waals surface area contributed by atoms with Crippen LogP contribution in [0.15, 0.2) is 5.38 Å². The molecule has 0 aliphatic heterocycles. The Morgan fingerprint density at radius 2 is 2.38 bits per heavy atom. The molecule has 0 radical (unpaired) electrons. The van der Waals surface area contributed by atoms with Crippen molar-refractivity contribution in [2.24, 2.45) is 0 Å².